The van der Waals surface area contributed by atoms with E-state index in [-0.39, 0.29) is 54.2 Å². The number of piperazine rings is 1. The minimum Gasteiger partial charge on any atom is -0.368 e. The van der Waals surface area contributed by atoms with E-state index < -0.39 is 35.5 Å². The maximum Gasteiger partial charge on any atom is 0.263 e. The van der Waals surface area contributed by atoms with Crippen LogP contribution in [0.25, 0.3) is 11.0 Å². The van der Waals surface area contributed by atoms with Crippen molar-refractivity contribution in [3.8, 4) is 0 Å². The number of pyridine rings is 2. The van der Waals surface area contributed by atoms with Gasteiger partial charge >= 0.3 is 0 Å². The lowest BCUT2D eigenvalue weighted by Crippen LogP contribution is -2.52. The molecule has 6 heterocycles. The molecule has 15 nitrogen and oxygen atoms in total. The van der Waals surface area contributed by atoms with Crippen LogP contribution in [0.4, 0.5) is 21.8 Å². The fourth-order valence-corrected chi connectivity index (χ4v) is 8.87. The first-order valence-corrected chi connectivity index (χ1v) is 19.0. The number of carbonyl (C=O) groups excluding carboxylic acids is 5. The summed E-state index contributed by atoms with van der Waals surface area (Å²) in [5.41, 5.74) is 3.29. The predicted octanol–water partition coefficient (Wildman–Crippen LogP) is 3.45. The molecule has 1 aromatic carbocycles. The maximum atomic E-state index is 15.7. The largest absolute Gasteiger partial charge is 0.368 e. The lowest BCUT2D eigenvalue weighted by Gasteiger charge is -2.36. The van der Waals surface area contributed by atoms with Crippen LogP contribution < -0.4 is 21.1 Å². The number of benzene rings is 1. The number of fused-ring (bicyclic) bond motifs is 2. The average Bonchev–Trinajstić information content (AvgIpc) is 3.84. The molecule has 1 saturated carbocycles. The summed E-state index contributed by atoms with van der Waals surface area (Å²) in [7, 11) is 0. The van der Waals surface area contributed by atoms with Crippen molar-refractivity contribution in [3.63, 3.8) is 0 Å². The summed E-state index contributed by atoms with van der Waals surface area (Å²) in [6.45, 7) is 6.57. The van der Waals surface area contributed by atoms with Crippen LogP contribution in [0, 0.1) is 12.7 Å². The zero-order valence-electron chi connectivity index (χ0n) is 31.2. The SMILES string of the molecule is CC(=O)c1c(C)c2cnc(Nc3ccc(N4CCN(Cc5cc(F)c6c(c5)CN(C5CCC(=O)NC5=O)C6C(=O)C=O)CC4)cn3)nc2n(C2CCCC2)c1=O. The Morgan fingerprint density at radius 2 is 1.79 bits per heavy atom. The van der Waals surface area contributed by atoms with E-state index in [1.807, 2.05) is 18.2 Å². The quantitative estimate of drug-likeness (QED) is 0.104. The molecule has 0 bridgehead atoms. The summed E-state index contributed by atoms with van der Waals surface area (Å²) < 4.78 is 17.4. The van der Waals surface area contributed by atoms with E-state index in [9.17, 15) is 28.8 Å². The number of imide groups is 1. The normalized spacial score (nSPS) is 20.7. The minimum absolute atomic E-state index is 0.0225. The number of hydrogen-bond acceptors (Lipinski definition) is 13. The molecule has 3 aromatic heterocycles. The van der Waals surface area contributed by atoms with Crippen molar-refractivity contribution >= 4 is 58.2 Å². The second-order valence-electron chi connectivity index (χ2n) is 15.1. The number of Topliss-reactive ketones (excluding diaryl/α,β-unsaturated/α-hetero) is 2. The van der Waals surface area contributed by atoms with Crippen molar-refractivity contribution < 1.29 is 28.4 Å². The molecule has 56 heavy (non-hydrogen) atoms. The zero-order chi connectivity index (χ0) is 39.2. The third kappa shape index (κ3) is 6.87. The Kier molecular flexibility index (Phi) is 10.0. The number of ketones is 2. The number of carbonyl (C=O) groups is 5. The van der Waals surface area contributed by atoms with E-state index in [0.717, 1.165) is 36.9 Å². The second-order valence-corrected chi connectivity index (χ2v) is 15.1. The number of amides is 2. The van der Waals surface area contributed by atoms with Gasteiger partial charge in [-0.15, -0.1) is 0 Å². The third-order valence-corrected chi connectivity index (χ3v) is 11.6. The summed E-state index contributed by atoms with van der Waals surface area (Å²) in [6, 6.07) is 4.98. The molecule has 4 aromatic rings. The van der Waals surface area contributed by atoms with Crippen LogP contribution in [0.3, 0.4) is 0 Å². The Hall–Kier alpha value is -5.74. The molecule has 2 atom stereocenters. The van der Waals surface area contributed by atoms with Gasteiger partial charge < -0.3 is 10.2 Å². The molecule has 8 rings (SSSR count). The Balaban J connectivity index is 0.923. The standard InChI is InChI=1S/C40H42FN9O6/c1-22-28-18-43-40(46-37(28)50(26-5-3-4-6-26)39(56)34(22)23(2)52)44-32-9-7-27(17-42-32)48-13-11-47(12-14-48)19-24-15-25-20-49(30-8-10-33(54)45-38(30)55)36(31(53)21-51)35(25)29(41)16-24/h7,9,15-18,21,26,30,36H,3-6,8,10-14,19-20H2,1-2H3,(H,45,54,55)(H,42,43,44,46). The Morgan fingerprint density at radius 3 is 2.46 bits per heavy atom. The molecule has 2 amide bonds. The zero-order valence-corrected chi connectivity index (χ0v) is 31.2. The third-order valence-electron chi connectivity index (χ3n) is 11.6. The monoisotopic (exact) mass is 763 g/mol. The highest BCUT2D eigenvalue weighted by atomic mass is 19.1. The van der Waals surface area contributed by atoms with Gasteiger partial charge in [0.15, 0.2) is 12.1 Å². The lowest BCUT2D eigenvalue weighted by molar-refractivity contribution is -0.141. The molecule has 290 valence electrons. The highest BCUT2D eigenvalue weighted by Gasteiger charge is 2.45. The van der Waals surface area contributed by atoms with Crippen molar-refractivity contribution in [1.82, 2.24) is 34.6 Å². The van der Waals surface area contributed by atoms with Gasteiger partial charge in [0, 0.05) is 68.9 Å². The number of aryl methyl sites for hydroxylation is 1. The van der Waals surface area contributed by atoms with Gasteiger partial charge in [0.05, 0.1) is 23.5 Å². The first-order chi connectivity index (χ1) is 27.0. The summed E-state index contributed by atoms with van der Waals surface area (Å²) in [5.74, 6) is -1.82. The van der Waals surface area contributed by atoms with Gasteiger partial charge in [-0.05, 0) is 68.0 Å². The van der Waals surface area contributed by atoms with Gasteiger partial charge in [0.25, 0.3) is 5.56 Å². The molecule has 16 heteroatoms. The van der Waals surface area contributed by atoms with Crippen LogP contribution in [-0.2, 0) is 32.3 Å². The van der Waals surface area contributed by atoms with Gasteiger partial charge in [-0.2, -0.15) is 4.98 Å². The van der Waals surface area contributed by atoms with Crippen molar-refractivity contribution in [2.45, 2.75) is 83.6 Å². The van der Waals surface area contributed by atoms with E-state index >= 15 is 4.39 Å². The molecule has 4 aliphatic rings. The number of nitrogens with zero attached hydrogens (tertiary/aromatic N) is 7. The van der Waals surface area contributed by atoms with Crippen LogP contribution >= 0.6 is 0 Å². The van der Waals surface area contributed by atoms with E-state index in [1.54, 1.807) is 23.9 Å². The highest BCUT2D eigenvalue weighted by Crippen LogP contribution is 2.40. The fraction of sp³-hybridized carbons (Fsp3) is 0.425. The van der Waals surface area contributed by atoms with Gasteiger partial charge in [-0.25, -0.2) is 14.4 Å². The Morgan fingerprint density at radius 1 is 1.02 bits per heavy atom. The Bertz CT molecular complexity index is 2330. The van der Waals surface area contributed by atoms with Crippen molar-refractivity contribution in [2.24, 2.45) is 0 Å². The Labute approximate surface area is 321 Å². The van der Waals surface area contributed by atoms with Crippen LogP contribution in [0.5, 0.6) is 0 Å². The van der Waals surface area contributed by atoms with Crippen molar-refractivity contribution in [1.29, 1.82) is 0 Å². The number of hydrogen-bond donors (Lipinski definition) is 2. The van der Waals surface area contributed by atoms with Gasteiger partial charge in [0.2, 0.25) is 23.5 Å². The van der Waals surface area contributed by atoms with Gasteiger partial charge in [0.1, 0.15) is 23.3 Å². The highest BCUT2D eigenvalue weighted by molar-refractivity contribution is 6.27. The average molecular weight is 764 g/mol. The summed E-state index contributed by atoms with van der Waals surface area (Å²) in [5, 5.41) is 6.13. The molecule has 0 radical (unpaired) electrons. The molecule has 3 fully saturated rings. The number of aromatic nitrogens is 4. The topological polar surface area (TPSA) is 180 Å². The molecule has 2 unspecified atom stereocenters. The van der Waals surface area contributed by atoms with Crippen LogP contribution in [0.1, 0.15) is 90.1 Å². The smallest absolute Gasteiger partial charge is 0.263 e. The van der Waals surface area contributed by atoms with Crippen molar-refractivity contribution in [2.75, 3.05) is 36.4 Å². The number of rotatable bonds is 10. The van der Waals surface area contributed by atoms with Crippen molar-refractivity contribution in [3.05, 3.63) is 80.6 Å². The fourth-order valence-electron chi connectivity index (χ4n) is 8.87. The number of piperidine rings is 1. The van der Waals surface area contributed by atoms with Crippen LogP contribution in [-0.4, -0.2) is 91.2 Å². The summed E-state index contributed by atoms with van der Waals surface area (Å²) in [4.78, 5) is 94.5. The predicted molar refractivity (Wildman–Crippen MR) is 203 cm³/mol. The minimum atomic E-state index is -1.22. The van der Waals surface area contributed by atoms with Crippen LogP contribution in [0.2, 0.25) is 0 Å². The van der Waals surface area contributed by atoms with Crippen LogP contribution in [0.15, 0.2) is 41.5 Å². The number of halogens is 1. The molecule has 3 aliphatic heterocycles. The lowest BCUT2D eigenvalue weighted by atomic mass is 9.97. The number of aldehydes is 1. The molecule has 0 spiro atoms. The second kappa shape index (κ2) is 15.1. The molecular weight excluding hydrogens is 721 g/mol. The van der Waals surface area contributed by atoms with E-state index in [2.05, 4.69) is 30.4 Å². The first-order valence-electron chi connectivity index (χ1n) is 19.0. The summed E-state index contributed by atoms with van der Waals surface area (Å²) >= 11 is 0. The number of nitrogens with one attached hydrogen (secondary N) is 2. The van der Waals surface area contributed by atoms with Gasteiger partial charge in [-0.1, -0.05) is 18.9 Å². The maximum absolute atomic E-state index is 15.7. The number of anilines is 3. The van der Waals surface area contributed by atoms with E-state index in [4.69, 9.17) is 4.98 Å². The first kappa shape index (κ1) is 37.2. The molecule has 2 N–H and O–H groups in total. The van der Waals surface area contributed by atoms with E-state index in [1.165, 1.54) is 17.9 Å². The summed E-state index contributed by atoms with van der Waals surface area (Å²) in [6.07, 6.45) is 7.61. The van der Waals surface area contributed by atoms with Gasteiger partial charge in [-0.3, -0.25) is 48.5 Å². The molecular formula is C40H42FN9O6. The molecule has 2 saturated heterocycles. The van der Waals surface area contributed by atoms with E-state index in [0.29, 0.717) is 66.7 Å². The molecule has 1 aliphatic carbocycles.